The summed E-state index contributed by atoms with van der Waals surface area (Å²) in [5.41, 5.74) is 6.29. The summed E-state index contributed by atoms with van der Waals surface area (Å²) < 4.78 is 10.5. The third kappa shape index (κ3) is 6.69. The van der Waals surface area contributed by atoms with Gasteiger partial charge in [0.1, 0.15) is 12.1 Å². The predicted octanol–water partition coefficient (Wildman–Crippen LogP) is 0.641. The van der Waals surface area contributed by atoms with E-state index in [9.17, 15) is 9.59 Å². The van der Waals surface area contributed by atoms with Crippen molar-refractivity contribution in [3.8, 4) is 0 Å². The average molecular weight is 308 g/mol. The summed E-state index contributed by atoms with van der Waals surface area (Å²) in [5.74, 6) is -0.935. The molecule has 0 aliphatic carbocycles. The van der Waals surface area contributed by atoms with Gasteiger partial charge in [0.05, 0.1) is 13.2 Å². The van der Waals surface area contributed by atoms with Crippen molar-refractivity contribution in [1.82, 2.24) is 5.32 Å². The van der Waals surface area contributed by atoms with Crippen LogP contribution in [0.2, 0.25) is 0 Å². The summed E-state index contributed by atoms with van der Waals surface area (Å²) in [4.78, 5) is 23.5. The van der Waals surface area contributed by atoms with Crippen LogP contribution in [-0.2, 0) is 25.5 Å². The van der Waals surface area contributed by atoms with Crippen LogP contribution in [0.1, 0.15) is 19.4 Å². The van der Waals surface area contributed by atoms with E-state index in [-0.39, 0.29) is 5.91 Å². The number of carbonyl (C=O) groups excluding carboxylic acids is 2. The van der Waals surface area contributed by atoms with Gasteiger partial charge in [0.15, 0.2) is 0 Å². The van der Waals surface area contributed by atoms with Gasteiger partial charge in [-0.05, 0) is 19.4 Å². The normalized spacial score (nSPS) is 13.4. The number of hydrogen-bond acceptors (Lipinski definition) is 4. The first-order valence-corrected chi connectivity index (χ1v) is 7.37. The van der Waals surface area contributed by atoms with Crippen LogP contribution < -0.4 is 11.1 Å². The summed E-state index contributed by atoms with van der Waals surface area (Å²) in [6, 6.07) is 8.63. The Hall–Kier alpha value is -1.92. The maximum Gasteiger partial charge on any atom is 0.249 e. The molecule has 0 saturated heterocycles. The molecule has 0 aliphatic rings. The molecule has 0 aliphatic heterocycles. The number of hydrogen-bond donors (Lipinski definition) is 2. The van der Waals surface area contributed by atoms with Gasteiger partial charge in [-0.15, -0.1) is 0 Å². The Bertz CT molecular complexity index is 464. The van der Waals surface area contributed by atoms with Crippen LogP contribution in [0.15, 0.2) is 30.3 Å². The highest BCUT2D eigenvalue weighted by molar-refractivity contribution is 5.88. The van der Waals surface area contributed by atoms with E-state index in [1.165, 1.54) is 0 Å². The summed E-state index contributed by atoms with van der Waals surface area (Å²) in [5, 5.41) is 2.63. The number of nitrogens with two attached hydrogens (primary N) is 1. The molecule has 22 heavy (non-hydrogen) atoms. The second-order valence-corrected chi connectivity index (χ2v) is 4.86. The van der Waals surface area contributed by atoms with Gasteiger partial charge >= 0.3 is 0 Å². The molecule has 2 atom stereocenters. The standard InChI is InChI=1S/C16H24N2O4/c1-3-21-9-10-22-12(2)16(20)18-14(15(17)19)11-13-7-5-4-6-8-13/h4-8,12,14H,3,9-11H2,1-2H3,(H2,17,19)(H,18,20)/t12-,14-/m0/s1. The Balaban J connectivity index is 2.48. The molecule has 122 valence electrons. The molecule has 0 saturated carbocycles. The molecule has 1 aromatic carbocycles. The minimum absolute atomic E-state index is 0.322. The first kappa shape index (κ1) is 18.1. The fraction of sp³-hybridized carbons (Fsp3) is 0.500. The van der Waals surface area contributed by atoms with Gasteiger partial charge in [-0.3, -0.25) is 9.59 Å². The predicted molar refractivity (Wildman–Crippen MR) is 83.2 cm³/mol. The van der Waals surface area contributed by atoms with E-state index in [1.54, 1.807) is 6.92 Å². The maximum atomic E-state index is 12.0. The molecule has 0 aromatic heterocycles. The Morgan fingerprint density at radius 3 is 2.50 bits per heavy atom. The molecule has 6 nitrogen and oxygen atoms in total. The molecule has 2 amide bonds. The summed E-state index contributed by atoms with van der Waals surface area (Å²) in [6.07, 6.45) is -0.314. The van der Waals surface area contributed by atoms with Gasteiger partial charge in [-0.25, -0.2) is 0 Å². The highest BCUT2D eigenvalue weighted by atomic mass is 16.5. The Morgan fingerprint density at radius 2 is 1.91 bits per heavy atom. The zero-order valence-electron chi connectivity index (χ0n) is 13.1. The van der Waals surface area contributed by atoms with Crippen molar-refractivity contribution >= 4 is 11.8 Å². The Morgan fingerprint density at radius 1 is 1.23 bits per heavy atom. The molecule has 0 heterocycles. The molecule has 0 fully saturated rings. The highest BCUT2D eigenvalue weighted by Gasteiger charge is 2.22. The third-order valence-electron chi connectivity index (χ3n) is 3.11. The fourth-order valence-electron chi connectivity index (χ4n) is 1.87. The molecule has 0 radical (unpaired) electrons. The molecule has 3 N–H and O–H groups in total. The summed E-state index contributed by atoms with van der Waals surface area (Å²) in [6.45, 7) is 4.86. The van der Waals surface area contributed by atoms with Gasteiger partial charge in [-0.1, -0.05) is 30.3 Å². The van der Waals surface area contributed by atoms with Crippen molar-refractivity contribution in [2.75, 3.05) is 19.8 Å². The van der Waals surface area contributed by atoms with Crippen molar-refractivity contribution in [2.24, 2.45) is 5.73 Å². The van der Waals surface area contributed by atoms with Gasteiger partial charge < -0.3 is 20.5 Å². The summed E-state index contributed by atoms with van der Waals surface area (Å²) >= 11 is 0. The second-order valence-electron chi connectivity index (χ2n) is 4.86. The Labute approximate surface area is 131 Å². The molecule has 0 spiro atoms. The van der Waals surface area contributed by atoms with E-state index in [0.717, 1.165) is 5.56 Å². The minimum atomic E-state index is -0.757. The van der Waals surface area contributed by atoms with Crippen LogP contribution >= 0.6 is 0 Å². The zero-order chi connectivity index (χ0) is 16.4. The van der Waals surface area contributed by atoms with Crippen LogP contribution in [-0.4, -0.2) is 43.8 Å². The molecule has 0 unspecified atom stereocenters. The van der Waals surface area contributed by atoms with E-state index in [2.05, 4.69) is 5.32 Å². The number of primary amides is 1. The van der Waals surface area contributed by atoms with Crippen LogP contribution in [0.5, 0.6) is 0 Å². The highest BCUT2D eigenvalue weighted by Crippen LogP contribution is 2.04. The van der Waals surface area contributed by atoms with Crippen LogP contribution in [0, 0.1) is 0 Å². The van der Waals surface area contributed by atoms with Crippen LogP contribution in [0.3, 0.4) is 0 Å². The molecule has 6 heteroatoms. The number of ether oxygens (including phenoxy) is 2. The smallest absolute Gasteiger partial charge is 0.249 e. The van der Waals surface area contributed by atoms with Crippen molar-refractivity contribution < 1.29 is 19.1 Å². The number of amides is 2. The fourth-order valence-corrected chi connectivity index (χ4v) is 1.87. The average Bonchev–Trinajstić information content (AvgIpc) is 2.51. The minimum Gasteiger partial charge on any atom is -0.379 e. The largest absolute Gasteiger partial charge is 0.379 e. The molecule has 1 aromatic rings. The first-order chi connectivity index (χ1) is 10.5. The Kier molecular flexibility index (Phi) is 8.17. The SMILES string of the molecule is CCOCCO[C@@H](C)C(=O)N[C@@H](Cc1ccccc1)C(N)=O. The lowest BCUT2D eigenvalue weighted by atomic mass is 10.1. The zero-order valence-corrected chi connectivity index (χ0v) is 13.1. The van der Waals surface area contributed by atoms with Crippen molar-refractivity contribution in [2.45, 2.75) is 32.4 Å². The van der Waals surface area contributed by atoms with Gasteiger partial charge in [0, 0.05) is 13.0 Å². The van der Waals surface area contributed by atoms with Crippen LogP contribution in [0.4, 0.5) is 0 Å². The molecule has 0 bridgehead atoms. The molecule has 1 rings (SSSR count). The number of carbonyl (C=O) groups is 2. The number of benzene rings is 1. The van der Waals surface area contributed by atoms with Crippen molar-refractivity contribution in [3.05, 3.63) is 35.9 Å². The number of nitrogens with one attached hydrogen (secondary N) is 1. The van der Waals surface area contributed by atoms with Crippen LogP contribution in [0.25, 0.3) is 0 Å². The second kappa shape index (κ2) is 9.92. The number of rotatable bonds is 10. The summed E-state index contributed by atoms with van der Waals surface area (Å²) in [7, 11) is 0. The van der Waals surface area contributed by atoms with Gasteiger partial charge in [0.25, 0.3) is 0 Å². The van der Waals surface area contributed by atoms with Crippen molar-refractivity contribution in [1.29, 1.82) is 0 Å². The third-order valence-corrected chi connectivity index (χ3v) is 3.11. The monoisotopic (exact) mass is 308 g/mol. The topological polar surface area (TPSA) is 90.7 Å². The lowest BCUT2D eigenvalue weighted by Gasteiger charge is -2.19. The van der Waals surface area contributed by atoms with E-state index in [1.807, 2.05) is 37.3 Å². The molecular weight excluding hydrogens is 284 g/mol. The lowest BCUT2D eigenvalue weighted by Crippen LogP contribution is -2.49. The van der Waals surface area contributed by atoms with Gasteiger partial charge in [-0.2, -0.15) is 0 Å². The van der Waals surface area contributed by atoms with Crippen molar-refractivity contribution in [3.63, 3.8) is 0 Å². The lowest BCUT2D eigenvalue weighted by molar-refractivity contribution is -0.135. The quantitative estimate of drug-likeness (QED) is 0.621. The van der Waals surface area contributed by atoms with Gasteiger partial charge in [0.2, 0.25) is 11.8 Å². The maximum absolute atomic E-state index is 12.0. The molecular formula is C16H24N2O4. The first-order valence-electron chi connectivity index (χ1n) is 7.37. The van der Waals surface area contributed by atoms with E-state index in [4.69, 9.17) is 15.2 Å². The van der Waals surface area contributed by atoms with E-state index >= 15 is 0 Å². The van der Waals surface area contributed by atoms with E-state index < -0.39 is 18.1 Å². The van der Waals surface area contributed by atoms with E-state index in [0.29, 0.717) is 26.2 Å².